The second-order valence-electron chi connectivity index (χ2n) is 6.72. The van der Waals surface area contributed by atoms with Gasteiger partial charge in [0, 0.05) is 32.4 Å². The summed E-state index contributed by atoms with van der Waals surface area (Å²) in [7, 11) is 1.85. The smallest absolute Gasteiger partial charge is 0.271 e. The molecule has 26 heavy (non-hydrogen) atoms. The SMILES string of the molecule is Cc1ccc(Cl)c2sc(N3CCCC(NC(=O)c4cn(C)cn4)C3)nc12. The number of nitrogens with zero attached hydrogens (tertiary/aromatic N) is 4. The predicted octanol–water partition coefficient (Wildman–Crippen LogP) is 3.39. The molecule has 3 aromatic rings. The van der Waals surface area contributed by atoms with Gasteiger partial charge < -0.3 is 14.8 Å². The highest BCUT2D eigenvalue weighted by molar-refractivity contribution is 7.22. The highest BCUT2D eigenvalue weighted by Gasteiger charge is 2.25. The van der Waals surface area contributed by atoms with E-state index in [0.717, 1.165) is 51.9 Å². The zero-order valence-corrected chi connectivity index (χ0v) is 16.3. The summed E-state index contributed by atoms with van der Waals surface area (Å²) >= 11 is 7.95. The molecule has 0 spiro atoms. The molecule has 3 heterocycles. The van der Waals surface area contributed by atoms with Crippen molar-refractivity contribution in [3.8, 4) is 0 Å². The van der Waals surface area contributed by atoms with Gasteiger partial charge in [-0.1, -0.05) is 29.0 Å². The fourth-order valence-corrected chi connectivity index (χ4v) is 4.64. The Balaban J connectivity index is 1.51. The number of nitrogens with one attached hydrogen (secondary N) is 1. The number of piperidine rings is 1. The Labute approximate surface area is 160 Å². The van der Waals surface area contributed by atoms with Crippen LogP contribution in [0.4, 0.5) is 5.13 Å². The van der Waals surface area contributed by atoms with Gasteiger partial charge in [0.25, 0.3) is 5.91 Å². The zero-order valence-electron chi connectivity index (χ0n) is 14.7. The Hall–Kier alpha value is -2.12. The Morgan fingerprint density at radius 3 is 3.00 bits per heavy atom. The summed E-state index contributed by atoms with van der Waals surface area (Å²) in [5, 5.41) is 4.81. The van der Waals surface area contributed by atoms with Crippen molar-refractivity contribution in [3.63, 3.8) is 0 Å². The molecule has 1 fully saturated rings. The van der Waals surface area contributed by atoms with Crippen molar-refractivity contribution in [1.82, 2.24) is 19.9 Å². The zero-order chi connectivity index (χ0) is 18.3. The molecule has 4 rings (SSSR count). The first-order valence-electron chi connectivity index (χ1n) is 8.60. The van der Waals surface area contributed by atoms with Gasteiger partial charge in [0.1, 0.15) is 5.69 Å². The lowest BCUT2D eigenvalue weighted by molar-refractivity contribution is 0.0928. The van der Waals surface area contributed by atoms with Crippen molar-refractivity contribution in [2.75, 3.05) is 18.0 Å². The van der Waals surface area contributed by atoms with E-state index in [1.165, 1.54) is 0 Å². The van der Waals surface area contributed by atoms with Gasteiger partial charge in [0.15, 0.2) is 5.13 Å². The molecule has 1 saturated heterocycles. The average molecular weight is 390 g/mol. The second kappa shape index (κ2) is 6.89. The number of amides is 1. The first-order valence-corrected chi connectivity index (χ1v) is 9.80. The standard InChI is InChI=1S/C18H20ClN5OS/c1-11-5-6-13(19)16-15(11)22-18(26-16)24-7-3-4-12(8-24)21-17(25)14-9-23(2)10-20-14/h5-6,9-10,12H,3-4,7-8H2,1-2H3,(H,21,25). The van der Waals surface area contributed by atoms with Gasteiger partial charge in [0.05, 0.1) is 21.6 Å². The lowest BCUT2D eigenvalue weighted by Gasteiger charge is -2.32. The average Bonchev–Trinajstić information content (AvgIpc) is 3.26. The highest BCUT2D eigenvalue weighted by Crippen LogP contribution is 2.36. The van der Waals surface area contributed by atoms with Crippen molar-refractivity contribution < 1.29 is 4.79 Å². The second-order valence-corrected chi connectivity index (χ2v) is 8.11. The molecule has 0 radical (unpaired) electrons. The van der Waals surface area contributed by atoms with Crippen LogP contribution in [0.3, 0.4) is 0 Å². The third-order valence-electron chi connectivity index (χ3n) is 4.65. The number of carbonyl (C=O) groups excluding carboxylic acids is 1. The maximum atomic E-state index is 12.4. The van der Waals surface area contributed by atoms with E-state index in [1.807, 2.05) is 26.1 Å². The molecule has 1 aromatic carbocycles. The number of hydrogen-bond donors (Lipinski definition) is 1. The van der Waals surface area contributed by atoms with Gasteiger partial charge in [-0.15, -0.1) is 0 Å². The molecule has 1 aliphatic rings. The van der Waals surface area contributed by atoms with Crippen LogP contribution in [0, 0.1) is 6.92 Å². The summed E-state index contributed by atoms with van der Waals surface area (Å²) in [6.07, 6.45) is 5.33. The van der Waals surface area contributed by atoms with Gasteiger partial charge in [-0.3, -0.25) is 4.79 Å². The van der Waals surface area contributed by atoms with E-state index in [9.17, 15) is 4.79 Å². The van der Waals surface area contributed by atoms with Crippen molar-refractivity contribution >= 4 is 44.2 Å². The van der Waals surface area contributed by atoms with Crippen LogP contribution in [0.15, 0.2) is 24.7 Å². The molecule has 8 heteroatoms. The molecule has 1 unspecified atom stereocenters. The van der Waals surface area contributed by atoms with Crippen LogP contribution in [0.1, 0.15) is 28.9 Å². The quantitative estimate of drug-likeness (QED) is 0.745. The van der Waals surface area contributed by atoms with Gasteiger partial charge in [0.2, 0.25) is 0 Å². The third kappa shape index (κ3) is 3.29. The number of hydrogen-bond acceptors (Lipinski definition) is 5. The number of anilines is 1. The Bertz CT molecular complexity index is 927. The van der Waals surface area contributed by atoms with Crippen LogP contribution in [-0.4, -0.2) is 39.6 Å². The van der Waals surface area contributed by atoms with E-state index in [2.05, 4.69) is 15.2 Å². The maximum absolute atomic E-state index is 12.4. The molecule has 1 atom stereocenters. The largest absolute Gasteiger partial charge is 0.346 e. The minimum absolute atomic E-state index is 0.0850. The van der Waals surface area contributed by atoms with Gasteiger partial charge >= 0.3 is 0 Å². The summed E-state index contributed by atoms with van der Waals surface area (Å²) < 4.78 is 2.80. The molecule has 0 aliphatic carbocycles. The van der Waals surface area contributed by atoms with Crippen LogP contribution < -0.4 is 10.2 Å². The summed E-state index contributed by atoms with van der Waals surface area (Å²) in [6, 6.07) is 4.01. The van der Waals surface area contributed by atoms with Crippen LogP contribution in [0.25, 0.3) is 10.2 Å². The molecular formula is C18H20ClN5OS. The number of benzene rings is 1. The van der Waals surface area contributed by atoms with Crippen LogP contribution in [0.2, 0.25) is 5.02 Å². The fraction of sp³-hybridized carbons (Fsp3) is 0.389. The van der Waals surface area contributed by atoms with E-state index in [4.69, 9.17) is 16.6 Å². The lowest BCUT2D eigenvalue weighted by atomic mass is 10.1. The van der Waals surface area contributed by atoms with Crippen molar-refractivity contribution in [1.29, 1.82) is 0 Å². The summed E-state index contributed by atoms with van der Waals surface area (Å²) in [6.45, 7) is 3.73. The first-order chi connectivity index (χ1) is 12.5. The van der Waals surface area contributed by atoms with E-state index < -0.39 is 0 Å². The molecule has 0 saturated carbocycles. The Kier molecular flexibility index (Phi) is 4.58. The van der Waals surface area contributed by atoms with Crippen molar-refractivity contribution in [2.24, 2.45) is 7.05 Å². The number of aromatic nitrogens is 3. The Morgan fingerprint density at radius 1 is 1.42 bits per heavy atom. The topological polar surface area (TPSA) is 63.1 Å². The minimum atomic E-state index is -0.124. The number of carbonyl (C=O) groups is 1. The number of thiazole rings is 1. The predicted molar refractivity (Wildman–Crippen MR) is 105 cm³/mol. The molecule has 1 amide bonds. The number of aryl methyl sites for hydroxylation is 2. The minimum Gasteiger partial charge on any atom is -0.346 e. The number of halogens is 1. The van der Waals surface area contributed by atoms with E-state index in [-0.39, 0.29) is 11.9 Å². The molecule has 6 nitrogen and oxygen atoms in total. The Morgan fingerprint density at radius 2 is 2.27 bits per heavy atom. The lowest BCUT2D eigenvalue weighted by Crippen LogP contribution is -2.47. The summed E-state index contributed by atoms with van der Waals surface area (Å²) in [5.74, 6) is -0.124. The van der Waals surface area contributed by atoms with E-state index in [0.29, 0.717) is 5.69 Å². The van der Waals surface area contributed by atoms with Gasteiger partial charge in [-0.25, -0.2) is 9.97 Å². The van der Waals surface area contributed by atoms with Crippen molar-refractivity contribution in [3.05, 3.63) is 40.9 Å². The molecular weight excluding hydrogens is 370 g/mol. The van der Waals surface area contributed by atoms with E-state index >= 15 is 0 Å². The molecule has 0 bridgehead atoms. The first kappa shape index (κ1) is 17.3. The third-order valence-corrected chi connectivity index (χ3v) is 6.23. The monoisotopic (exact) mass is 389 g/mol. The fourth-order valence-electron chi connectivity index (χ4n) is 3.28. The number of imidazole rings is 1. The van der Waals surface area contributed by atoms with Gasteiger partial charge in [-0.05, 0) is 31.4 Å². The maximum Gasteiger partial charge on any atom is 0.271 e. The number of rotatable bonds is 3. The van der Waals surface area contributed by atoms with Crippen molar-refractivity contribution in [2.45, 2.75) is 25.8 Å². The molecule has 2 aromatic heterocycles. The van der Waals surface area contributed by atoms with Crippen LogP contribution in [-0.2, 0) is 7.05 Å². The number of fused-ring (bicyclic) bond motifs is 1. The van der Waals surface area contributed by atoms with Crippen LogP contribution >= 0.6 is 22.9 Å². The molecule has 136 valence electrons. The highest BCUT2D eigenvalue weighted by atomic mass is 35.5. The van der Waals surface area contributed by atoms with Gasteiger partial charge in [-0.2, -0.15) is 0 Å². The molecule has 1 aliphatic heterocycles. The van der Waals surface area contributed by atoms with E-state index in [1.54, 1.807) is 28.4 Å². The normalized spacial score (nSPS) is 17.7. The summed E-state index contributed by atoms with van der Waals surface area (Å²) in [4.78, 5) is 23.5. The summed E-state index contributed by atoms with van der Waals surface area (Å²) in [5.41, 5.74) is 2.55. The van der Waals surface area contributed by atoms with Crippen LogP contribution in [0.5, 0.6) is 0 Å². The molecule has 1 N–H and O–H groups in total.